The van der Waals surface area contributed by atoms with Gasteiger partial charge in [0.25, 0.3) is 5.24 Å². The molecule has 0 radical (unpaired) electrons. The molecular formula is C3H8N2OS. The third-order valence-electron chi connectivity index (χ3n) is 0.416. The summed E-state index contributed by atoms with van der Waals surface area (Å²) in [4.78, 5) is 9.92. The van der Waals surface area contributed by atoms with Gasteiger partial charge in [0.2, 0.25) is 0 Å². The fraction of sp³-hybridized carbons (Fsp3) is 0.667. The molecule has 0 aliphatic carbocycles. The molecule has 0 saturated heterocycles. The third-order valence-corrected chi connectivity index (χ3v) is 0.575. The summed E-state index contributed by atoms with van der Waals surface area (Å²) in [7, 11) is 1.74. The van der Waals surface area contributed by atoms with E-state index >= 15 is 0 Å². The number of rotatable bonds is 2. The van der Waals surface area contributed by atoms with Crippen molar-refractivity contribution < 1.29 is 4.79 Å². The summed E-state index contributed by atoms with van der Waals surface area (Å²) in [5.74, 6) is 0. The highest BCUT2D eigenvalue weighted by molar-refractivity contribution is 7.96. The fourth-order valence-corrected chi connectivity index (χ4v) is 0.243. The molecule has 0 saturated carbocycles. The molecule has 0 aromatic rings. The second-order valence-electron chi connectivity index (χ2n) is 1.01. The minimum Gasteiger partial charge on any atom is -0.335 e. The Bertz CT molecular complexity index is 66.0. The molecule has 0 heterocycles. The van der Waals surface area contributed by atoms with Crippen molar-refractivity contribution in [2.75, 3.05) is 13.7 Å². The van der Waals surface area contributed by atoms with Crippen molar-refractivity contribution >= 4 is 17.9 Å². The van der Waals surface area contributed by atoms with Gasteiger partial charge >= 0.3 is 0 Å². The molecular weight excluding hydrogens is 112 g/mol. The van der Waals surface area contributed by atoms with E-state index in [9.17, 15) is 4.79 Å². The maximum atomic E-state index is 9.92. The second kappa shape index (κ2) is 3.95. The van der Waals surface area contributed by atoms with Crippen molar-refractivity contribution in [1.82, 2.24) is 10.6 Å². The molecule has 0 rings (SSSR count). The van der Waals surface area contributed by atoms with E-state index in [1.165, 1.54) is 0 Å². The molecule has 7 heavy (non-hydrogen) atoms. The number of thiol groups is 1. The lowest BCUT2D eigenvalue weighted by atomic mass is 11.0. The van der Waals surface area contributed by atoms with Crippen molar-refractivity contribution in [2.45, 2.75) is 0 Å². The second-order valence-corrected chi connectivity index (χ2v) is 1.42. The summed E-state index contributed by atoms with van der Waals surface area (Å²) < 4.78 is 0. The molecule has 0 aromatic heterocycles. The molecule has 0 spiro atoms. The lowest BCUT2D eigenvalue weighted by molar-refractivity contribution is 0.260. The smallest absolute Gasteiger partial charge is 0.276 e. The Balaban J connectivity index is 2.82. The molecule has 0 atom stereocenters. The molecule has 42 valence electrons. The third kappa shape index (κ3) is 5.78. The summed E-state index contributed by atoms with van der Waals surface area (Å²) >= 11 is 3.44. The highest BCUT2D eigenvalue weighted by atomic mass is 32.1. The van der Waals surface area contributed by atoms with E-state index < -0.39 is 0 Å². The van der Waals surface area contributed by atoms with E-state index in [4.69, 9.17) is 0 Å². The van der Waals surface area contributed by atoms with Crippen molar-refractivity contribution in [3.63, 3.8) is 0 Å². The zero-order valence-electron chi connectivity index (χ0n) is 4.06. The Morgan fingerprint density at radius 2 is 2.43 bits per heavy atom. The predicted molar refractivity (Wildman–Crippen MR) is 31.4 cm³/mol. The standard InChI is InChI=1S/C3H8N2OS/c1-4-2-5-3(6)7/h4H,2H2,1H3,(H2,5,6,7). The van der Waals surface area contributed by atoms with E-state index in [2.05, 4.69) is 23.3 Å². The number of hydrogen-bond acceptors (Lipinski definition) is 2. The molecule has 0 unspecified atom stereocenters. The van der Waals surface area contributed by atoms with Gasteiger partial charge in [-0.15, -0.1) is 0 Å². The monoisotopic (exact) mass is 120 g/mol. The largest absolute Gasteiger partial charge is 0.335 e. The Morgan fingerprint density at radius 3 is 2.57 bits per heavy atom. The van der Waals surface area contributed by atoms with Gasteiger partial charge in [-0.05, 0) is 7.05 Å². The highest BCUT2D eigenvalue weighted by Gasteiger charge is 1.83. The first kappa shape index (κ1) is 6.78. The summed E-state index contributed by atoms with van der Waals surface area (Å²) in [6.45, 7) is 0.475. The van der Waals surface area contributed by atoms with Crippen LogP contribution in [0.4, 0.5) is 4.79 Å². The van der Waals surface area contributed by atoms with Crippen LogP contribution in [0.1, 0.15) is 0 Å². The molecule has 0 aliphatic heterocycles. The summed E-state index contributed by atoms with van der Waals surface area (Å²) in [5.41, 5.74) is 0. The van der Waals surface area contributed by atoms with Crippen LogP contribution in [0.25, 0.3) is 0 Å². The topological polar surface area (TPSA) is 41.1 Å². The lowest BCUT2D eigenvalue weighted by Gasteiger charge is -1.94. The van der Waals surface area contributed by atoms with Crippen LogP contribution in [0, 0.1) is 0 Å². The van der Waals surface area contributed by atoms with Crippen molar-refractivity contribution in [3.05, 3.63) is 0 Å². The Kier molecular flexibility index (Phi) is 3.83. The summed E-state index contributed by atoms with van der Waals surface area (Å²) in [5, 5.41) is 4.82. The number of amides is 1. The molecule has 0 aliphatic rings. The number of carbonyl (C=O) groups excluding carboxylic acids is 1. The first-order chi connectivity index (χ1) is 3.27. The van der Waals surface area contributed by atoms with Gasteiger partial charge in [-0.25, -0.2) is 0 Å². The van der Waals surface area contributed by atoms with Crippen LogP contribution in [-0.2, 0) is 0 Å². The van der Waals surface area contributed by atoms with E-state index in [1.54, 1.807) is 7.05 Å². The zero-order chi connectivity index (χ0) is 5.70. The maximum Gasteiger partial charge on any atom is 0.276 e. The van der Waals surface area contributed by atoms with Crippen LogP contribution in [0.2, 0.25) is 0 Å². The highest BCUT2D eigenvalue weighted by Crippen LogP contribution is 1.70. The molecule has 1 amide bonds. The minimum absolute atomic E-state index is 0.311. The van der Waals surface area contributed by atoms with Gasteiger partial charge in [0.05, 0.1) is 6.67 Å². The van der Waals surface area contributed by atoms with Crippen LogP contribution in [-0.4, -0.2) is 19.0 Å². The number of hydrogen-bond donors (Lipinski definition) is 3. The number of carbonyl (C=O) groups is 1. The van der Waals surface area contributed by atoms with E-state index in [1.807, 2.05) is 0 Å². The molecule has 0 fully saturated rings. The molecule has 0 aromatic carbocycles. The molecule has 4 heteroatoms. The van der Waals surface area contributed by atoms with E-state index in [0.29, 0.717) is 6.67 Å². The van der Waals surface area contributed by atoms with Crippen LogP contribution in [0.15, 0.2) is 0 Å². The van der Waals surface area contributed by atoms with Crippen molar-refractivity contribution in [2.24, 2.45) is 0 Å². The van der Waals surface area contributed by atoms with Gasteiger partial charge in [-0.2, -0.15) is 0 Å². The number of nitrogens with one attached hydrogen (secondary N) is 2. The van der Waals surface area contributed by atoms with Crippen LogP contribution in [0.3, 0.4) is 0 Å². The van der Waals surface area contributed by atoms with Crippen molar-refractivity contribution in [3.8, 4) is 0 Å². The van der Waals surface area contributed by atoms with Gasteiger partial charge in [0, 0.05) is 0 Å². The van der Waals surface area contributed by atoms with Crippen molar-refractivity contribution in [1.29, 1.82) is 0 Å². The SMILES string of the molecule is CNCNC(=O)S. The van der Waals surface area contributed by atoms with Crippen LogP contribution in [0.5, 0.6) is 0 Å². The molecule has 3 nitrogen and oxygen atoms in total. The lowest BCUT2D eigenvalue weighted by Crippen LogP contribution is -2.27. The quantitative estimate of drug-likeness (QED) is 0.349. The van der Waals surface area contributed by atoms with Crippen LogP contribution >= 0.6 is 12.6 Å². The van der Waals surface area contributed by atoms with E-state index in [0.717, 1.165) is 0 Å². The van der Waals surface area contributed by atoms with Crippen LogP contribution < -0.4 is 10.6 Å². The maximum absolute atomic E-state index is 9.92. The first-order valence-corrected chi connectivity index (χ1v) is 2.33. The average molecular weight is 120 g/mol. The Labute approximate surface area is 47.9 Å². The van der Waals surface area contributed by atoms with Gasteiger partial charge in [0.1, 0.15) is 0 Å². The average Bonchev–Trinajstić information content (AvgIpc) is 1.61. The minimum atomic E-state index is -0.311. The Hall–Kier alpha value is -0.220. The molecule has 2 N–H and O–H groups in total. The normalized spacial score (nSPS) is 8.29. The zero-order valence-corrected chi connectivity index (χ0v) is 4.96. The summed E-state index contributed by atoms with van der Waals surface area (Å²) in [6.07, 6.45) is 0. The van der Waals surface area contributed by atoms with Gasteiger partial charge in [-0.3, -0.25) is 4.79 Å². The first-order valence-electron chi connectivity index (χ1n) is 1.88. The molecule has 0 bridgehead atoms. The van der Waals surface area contributed by atoms with E-state index in [-0.39, 0.29) is 5.24 Å². The Morgan fingerprint density at radius 1 is 1.86 bits per heavy atom. The fourth-order valence-electron chi connectivity index (χ4n) is 0.164. The predicted octanol–water partition coefficient (Wildman–Crippen LogP) is -0.197. The van der Waals surface area contributed by atoms with Gasteiger partial charge in [-0.1, -0.05) is 12.6 Å². The van der Waals surface area contributed by atoms with Gasteiger partial charge in [0.15, 0.2) is 0 Å². The van der Waals surface area contributed by atoms with Gasteiger partial charge < -0.3 is 10.6 Å². The summed E-state index contributed by atoms with van der Waals surface area (Å²) in [6, 6.07) is 0.